The van der Waals surface area contributed by atoms with Crippen LogP contribution in [0.15, 0.2) is 47.6 Å². The van der Waals surface area contributed by atoms with Gasteiger partial charge in [0.1, 0.15) is 0 Å². The first-order valence-electron chi connectivity index (χ1n) is 9.21. The number of thioether (sulfide) groups is 1. The molecule has 0 unspecified atom stereocenters. The predicted octanol–water partition coefficient (Wildman–Crippen LogP) is 5.45. The quantitative estimate of drug-likeness (QED) is 0.488. The molecule has 2 aromatic carbocycles. The average molecular weight is 449 g/mol. The Kier molecular flexibility index (Phi) is 7.22. The lowest BCUT2D eigenvalue weighted by Gasteiger charge is -2.14. The first-order valence-corrected chi connectivity index (χ1v) is 11.0. The van der Waals surface area contributed by atoms with Gasteiger partial charge in [-0.15, -0.1) is 10.2 Å². The third-order valence-electron chi connectivity index (χ3n) is 4.41. The van der Waals surface area contributed by atoms with Crippen molar-refractivity contribution in [2.75, 3.05) is 0 Å². The Labute approximate surface area is 184 Å². The van der Waals surface area contributed by atoms with E-state index < -0.39 is 0 Å². The standard InChI is InChI=1S/C21H22Cl2N4OS/c1-13(2)20(28)24-11-19-25-26-21(29-12-15-7-5-4-6-14(15)3)27(19)18-10-16(22)8-9-17(18)23/h4-10,13H,11-12H2,1-3H3,(H,24,28). The minimum Gasteiger partial charge on any atom is -0.349 e. The molecular formula is C21H22Cl2N4OS. The fourth-order valence-corrected chi connectivity index (χ4v) is 4.10. The van der Waals surface area contributed by atoms with Gasteiger partial charge in [0.25, 0.3) is 0 Å². The Hall–Kier alpha value is -2.02. The van der Waals surface area contributed by atoms with E-state index in [9.17, 15) is 4.79 Å². The number of rotatable bonds is 7. The highest BCUT2D eigenvalue weighted by atomic mass is 35.5. The van der Waals surface area contributed by atoms with Crippen molar-refractivity contribution in [2.45, 2.75) is 38.2 Å². The zero-order valence-electron chi connectivity index (χ0n) is 16.4. The maximum atomic E-state index is 12.0. The molecule has 0 fully saturated rings. The summed E-state index contributed by atoms with van der Waals surface area (Å²) in [6.07, 6.45) is 0. The molecule has 29 heavy (non-hydrogen) atoms. The minimum atomic E-state index is -0.115. The molecule has 3 rings (SSSR count). The molecule has 0 atom stereocenters. The SMILES string of the molecule is Cc1ccccc1CSc1nnc(CNC(=O)C(C)C)n1-c1cc(Cl)ccc1Cl. The molecule has 0 saturated heterocycles. The largest absolute Gasteiger partial charge is 0.349 e. The van der Waals surface area contributed by atoms with E-state index in [1.165, 1.54) is 11.1 Å². The van der Waals surface area contributed by atoms with E-state index >= 15 is 0 Å². The molecule has 0 aliphatic rings. The monoisotopic (exact) mass is 448 g/mol. The molecule has 0 radical (unpaired) electrons. The molecule has 0 saturated carbocycles. The van der Waals surface area contributed by atoms with E-state index in [1.54, 1.807) is 30.0 Å². The summed E-state index contributed by atoms with van der Waals surface area (Å²) in [5.41, 5.74) is 3.13. The zero-order chi connectivity index (χ0) is 21.0. The van der Waals surface area contributed by atoms with Crippen molar-refractivity contribution < 1.29 is 4.79 Å². The number of carbonyl (C=O) groups excluding carboxylic acids is 1. The van der Waals surface area contributed by atoms with Crippen molar-refractivity contribution in [1.82, 2.24) is 20.1 Å². The number of hydrogen-bond acceptors (Lipinski definition) is 4. The molecule has 1 N–H and O–H groups in total. The Balaban J connectivity index is 1.94. The molecule has 1 amide bonds. The fraction of sp³-hybridized carbons (Fsp3) is 0.286. The number of nitrogens with one attached hydrogen (secondary N) is 1. The van der Waals surface area contributed by atoms with Gasteiger partial charge in [-0.1, -0.05) is 73.1 Å². The van der Waals surface area contributed by atoms with Gasteiger partial charge in [0.15, 0.2) is 11.0 Å². The van der Waals surface area contributed by atoms with Crippen LogP contribution in [0.3, 0.4) is 0 Å². The third kappa shape index (κ3) is 5.32. The molecule has 1 aromatic heterocycles. The highest BCUT2D eigenvalue weighted by Gasteiger charge is 2.18. The van der Waals surface area contributed by atoms with Gasteiger partial charge >= 0.3 is 0 Å². The second-order valence-electron chi connectivity index (χ2n) is 6.92. The third-order valence-corrected chi connectivity index (χ3v) is 5.95. The van der Waals surface area contributed by atoms with Crippen molar-refractivity contribution in [1.29, 1.82) is 0 Å². The van der Waals surface area contributed by atoms with Gasteiger partial charge < -0.3 is 5.32 Å². The normalized spacial score (nSPS) is 11.1. The number of aromatic nitrogens is 3. The van der Waals surface area contributed by atoms with Gasteiger partial charge in [-0.05, 0) is 36.2 Å². The second kappa shape index (κ2) is 9.65. The van der Waals surface area contributed by atoms with Gasteiger partial charge in [-0.25, -0.2) is 0 Å². The van der Waals surface area contributed by atoms with E-state index in [4.69, 9.17) is 23.2 Å². The lowest BCUT2D eigenvalue weighted by molar-refractivity contribution is -0.124. The summed E-state index contributed by atoms with van der Waals surface area (Å²) in [4.78, 5) is 12.0. The van der Waals surface area contributed by atoms with Crippen LogP contribution in [-0.2, 0) is 17.1 Å². The lowest BCUT2D eigenvalue weighted by Crippen LogP contribution is -2.28. The van der Waals surface area contributed by atoms with Crippen LogP contribution in [-0.4, -0.2) is 20.7 Å². The number of amides is 1. The van der Waals surface area contributed by atoms with Crippen LogP contribution in [0, 0.1) is 12.8 Å². The van der Waals surface area contributed by atoms with Gasteiger partial charge in [0.2, 0.25) is 5.91 Å². The lowest BCUT2D eigenvalue weighted by atomic mass is 10.1. The first kappa shape index (κ1) is 21.7. The summed E-state index contributed by atoms with van der Waals surface area (Å²) in [5.74, 6) is 1.17. The van der Waals surface area contributed by atoms with E-state index in [2.05, 4.69) is 34.6 Å². The van der Waals surface area contributed by atoms with Crippen LogP contribution in [0.25, 0.3) is 5.69 Å². The van der Waals surface area contributed by atoms with Crippen LogP contribution in [0.2, 0.25) is 10.0 Å². The minimum absolute atomic E-state index is 0.0501. The topological polar surface area (TPSA) is 59.8 Å². The van der Waals surface area contributed by atoms with Gasteiger partial charge in [0, 0.05) is 16.7 Å². The summed E-state index contributed by atoms with van der Waals surface area (Å²) < 4.78 is 1.86. The molecule has 0 bridgehead atoms. The van der Waals surface area contributed by atoms with E-state index in [-0.39, 0.29) is 18.4 Å². The number of benzene rings is 2. The van der Waals surface area contributed by atoms with Gasteiger partial charge in [-0.2, -0.15) is 0 Å². The summed E-state index contributed by atoms with van der Waals surface area (Å²) in [6.45, 7) is 6.02. The maximum Gasteiger partial charge on any atom is 0.222 e. The maximum absolute atomic E-state index is 12.0. The molecule has 3 aromatic rings. The van der Waals surface area contributed by atoms with E-state index in [1.807, 2.05) is 30.5 Å². The van der Waals surface area contributed by atoms with Crippen LogP contribution in [0.1, 0.15) is 30.8 Å². The molecule has 8 heteroatoms. The summed E-state index contributed by atoms with van der Waals surface area (Å²) in [6, 6.07) is 13.5. The van der Waals surface area contributed by atoms with Crippen LogP contribution in [0.4, 0.5) is 0 Å². The van der Waals surface area contributed by atoms with Gasteiger partial charge in [-0.3, -0.25) is 9.36 Å². The van der Waals surface area contributed by atoms with Crippen molar-refractivity contribution in [3.8, 4) is 5.69 Å². The van der Waals surface area contributed by atoms with Crippen LogP contribution in [0.5, 0.6) is 0 Å². The smallest absolute Gasteiger partial charge is 0.222 e. The number of aryl methyl sites for hydroxylation is 1. The summed E-state index contributed by atoms with van der Waals surface area (Å²) >= 11 is 14.2. The van der Waals surface area contributed by atoms with Gasteiger partial charge in [0.05, 0.1) is 17.3 Å². The van der Waals surface area contributed by atoms with Crippen molar-refractivity contribution in [2.24, 2.45) is 5.92 Å². The van der Waals surface area contributed by atoms with Crippen LogP contribution >= 0.6 is 35.0 Å². The zero-order valence-corrected chi connectivity index (χ0v) is 18.8. The molecular weight excluding hydrogens is 427 g/mol. The summed E-state index contributed by atoms with van der Waals surface area (Å²) in [7, 11) is 0. The molecule has 1 heterocycles. The Bertz CT molecular complexity index is 1020. The van der Waals surface area contributed by atoms with Crippen molar-refractivity contribution >= 4 is 40.9 Å². The van der Waals surface area contributed by atoms with Crippen molar-refractivity contribution in [3.63, 3.8) is 0 Å². The Morgan fingerprint density at radius 1 is 1.17 bits per heavy atom. The molecule has 152 valence electrons. The predicted molar refractivity (Wildman–Crippen MR) is 119 cm³/mol. The molecule has 0 spiro atoms. The highest BCUT2D eigenvalue weighted by molar-refractivity contribution is 7.98. The number of nitrogens with zero attached hydrogens (tertiary/aromatic N) is 3. The first-order chi connectivity index (χ1) is 13.9. The number of carbonyl (C=O) groups is 1. The van der Waals surface area contributed by atoms with E-state index in [0.717, 1.165) is 5.75 Å². The Morgan fingerprint density at radius 3 is 2.66 bits per heavy atom. The van der Waals surface area contributed by atoms with E-state index in [0.29, 0.717) is 26.7 Å². The highest BCUT2D eigenvalue weighted by Crippen LogP contribution is 2.31. The molecule has 0 aliphatic heterocycles. The van der Waals surface area contributed by atoms with Crippen LogP contribution < -0.4 is 5.32 Å². The molecule has 0 aliphatic carbocycles. The fourth-order valence-electron chi connectivity index (χ4n) is 2.69. The van der Waals surface area contributed by atoms with Crippen molar-refractivity contribution in [3.05, 3.63) is 69.5 Å². The molecule has 5 nitrogen and oxygen atoms in total. The summed E-state index contributed by atoms with van der Waals surface area (Å²) in [5, 5.41) is 13.3. The second-order valence-corrected chi connectivity index (χ2v) is 8.70. The number of halogens is 2. The number of hydrogen-bond donors (Lipinski definition) is 1. The Morgan fingerprint density at radius 2 is 1.93 bits per heavy atom. The average Bonchev–Trinajstić information content (AvgIpc) is 3.09.